The van der Waals surface area contributed by atoms with Gasteiger partial charge in [0.05, 0.1) is 0 Å². The summed E-state index contributed by atoms with van der Waals surface area (Å²) in [5.74, 6) is 0. The van der Waals surface area contributed by atoms with Crippen LogP contribution in [0, 0.1) is 0 Å². The van der Waals surface area contributed by atoms with E-state index in [1.807, 2.05) is 0 Å². The molecule has 0 bridgehead atoms. The average Bonchev–Trinajstić information content (AvgIpc) is 2.29. The van der Waals surface area contributed by atoms with Crippen molar-refractivity contribution >= 4 is 8.80 Å². The summed E-state index contributed by atoms with van der Waals surface area (Å²) >= 11 is 0. The second-order valence-electron chi connectivity index (χ2n) is 5.41. The van der Waals surface area contributed by atoms with Crippen molar-refractivity contribution in [3.05, 3.63) is 0 Å². The zero-order chi connectivity index (χ0) is 13.7. The number of unbranched alkanes of at least 4 members (excludes halogenated alkanes) is 11. The lowest BCUT2D eigenvalue weighted by Gasteiger charge is -2.08. The molecule has 0 atom stereocenters. The van der Waals surface area contributed by atoms with Crippen molar-refractivity contribution in [2.45, 2.75) is 90.0 Å². The van der Waals surface area contributed by atoms with E-state index in [1.54, 1.807) is 0 Å². The smallest absolute Gasteiger partial charge is 0.390 e. The standard InChI is InChI=1S/C14H32O3Si/c1-2-3-4-5-6-7-8-9-10-11-12-13-14-18(15,16)17/h15-17H,2-14H2,1H3. The van der Waals surface area contributed by atoms with Crippen molar-refractivity contribution < 1.29 is 14.4 Å². The first-order valence-corrected chi connectivity index (χ1v) is 9.78. The van der Waals surface area contributed by atoms with E-state index in [0.717, 1.165) is 19.3 Å². The van der Waals surface area contributed by atoms with Crippen molar-refractivity contribution in [3.63, 3.8) is 0 Å². The minimum absolute atomic E-state index is 0.199. The summed E-state index contributed by atoms with van der Waals surface area (Å²) in [4.78, 5) is 26.5. The Labute approximate surface area is 114 Å². The number of rotatable bonds is 13. The van der Waals surface area contributed by atoms with Gasteiger partial charge in [-0.3, -0.25) is 0 Å². The molecule has 0 aliphatic rings. The van der Waals surface area contributed by atoms with E-state index < -0.39 is 8.80 Å². The fourth-order valence-corrected chi connectivity index (χ4v) is 2.93. The van der Waals surface area contributed by atoms with Gasteiger partial charge in [0.2, 0.25) is 0 Å². The van der Waals surface area contributed by atoms with Gasteiger partial charge in [-0.05, 0) is 6.42 Å². The molecule has 0 aliphatic heterocycles. The van der Waals surface area contributed by atoms with Crippen LogP contribution in [0.4, 0.5) is 0 Å². The van der Waals surface area contributed by atoms with Gasteiger partial charge in [-0.1, -0.05) is 77.6 Å². The van der Waals surface area contributed by atoms with E-state index in [9.17, 15) is 0 Å². The molecule has 0 spiro atoms. The quantitative estimate of drug-likeness (QED) is 0.356. The molecule has 0 aromatic rings. The first-order chi connectivity index (χ1) is 8.56. The van der Waals surface area contributed by atoms with E-state index in [2.05, 4.69) is 6.92 Å². The Morgan fingerprint density at radius 3 is 1.22 bits per heavy atom. The highest BCUT2D eigenvalue weighted by atomic mass is 28.4. The molecule has 0 saturated carbocycles. The molecule has 110 valence electrons. The highest BCUT2D eigenvalue weighted by Crippen LogP contribution is 2.13. The zero-order valence-corrected chi connectivity index (χ0v) is 13.0. The summed E-state index contributed by atoms with van der Waals surface area (Å²) < 4.78 is 0. The molecule has 0 radical (unpaired) electrons. The second kappa shape index (κ2) is 12.1. The highest BCUT2D eigenvalue weighted by molar-refractivity contribution is 6.56. The predicted molar refractivity (Wildman–Crippen MR) is 78.3 cm³/mol. The van der Waals surface area contributed by atoms with Crippen LogP contribution in [0.2, 0.25) is 6.04 Å². The van der Waals surface area contributed by atoms with Crippen LogP contribution in [-0.2, 0) is 0 Å². The SMILES string of the molecule is CCCCCCCCCCCCCC[Si](O)(O)O. The summed E-state index contributed by atoms with van der Waals surface area (Å²) in [6.07, 6.45) is 15.0. The molecule has 18 heavy (non-hydrogen) atoms. The van der Waals surface area contributed by atoms with Gasteiger partial charge in [-0.15, -0.1) is 0 Å². The van der Waals surface area contributed by atoms with Gasteiger partial charge in [0, 0.05) is 6.04 Å². The Bertz CT molecular complexity index is 169. The summed E-state index contributed by atoms with van der Waals surface area (Å²) in [5, 5.41) is 0. The van der Waals surface area contributed by atoms with Gasteiger partial charge in [-0.2, -0.15) is 0 Å². The maximum absolute atomic E-state index is 8.83. The van der Waals surface area contributed by atoms with Crippen LogP contribution in [0.1, 0.15) is 84.0 Å². The van der Waals surface area contributed by atoms with Gasteiger partial charge in [0.1, 0.15) is 0 Å². The molecule has 0 heterocycles. The third kappa shape index (κ3) is 16.1. The van der Waals surface area contributed by atoms with E-state index in [0.29, 0.717) is 0 Å². The molecule has 4 heteroatoms. The van der Waals surface area contributed by atoms with Gasteiger partial charge in [0.25, 0.3) is 0 Å². The van der Waals surface area contributed by atoms with Crippen LogP contribution in [0.25, 0.3) is 0 Å². The minimum atomic E-state index is -3.75. The molecular formula is C14H32O3Si. The lowest BCUT2D eigenvalue weighted by atomic mass is 10.1. The fraction of sp³-hybridized carbons (Fsp3) is 1.00. The molecule has 0 aromatic carbocycles. The molecule has 0 aromatic heterocycles. The molecule has 0 saturated heterocycles. The highest BCUT2D eigenvalue weighted by Gasteiger charge is 2.25. The summed E-state index contributed by atoms with van der Waals surface area (Å²) in [5.41, 5.74) is 0. The monoisotopic (exact) mass is 276 g/mol. The summed E-state index contributed by atoms with van der Waals surface area (Å²) in [7, 11) is -3.75. The Kier molecular flexibility index (Phi) is 12.2. The third-order valence-electron chi connectivity index (χ3n) is 3.37. The lowest BCUT2D eigenvalue weighted by molar-refractivity contribution is 0.226. The first kappa shape index (κ1) is 18.1. The normalized spacial score (nSPS) is 12.0. The maximum Gasteiger partial charge on any atom is 0.492 e. The van der Waals surface area contributed by atoms with Crippen molar-refractivity contribution in [1.29, 1.82) is 0 Å². The number of hydrogen-bond donors (Lipinski definition) is 3. The second-order valence-corrected chi connectivity index (χ2v) is 7.46. The van der Waals surface area contributed by atoms with Gasteiger partial charge in [0.15, 0.2) is 0 Å². The summed E-state index contributed by atoms with van der Waals surface area (Å²) in [6, 6.07) is 0.199. The van der Waals surface area contributed by atoms with Crippen LogP contribution < -0.4 is 0 Å². The third-order valence-corrected chi connectivity index (χ3v) is 4.39. The number of hydrogen-bond acceptors (Lipinski definition) is 3. The molecule has 0 rings (SSSR count). The molecule has 3 nitrogen and oxygen atoms in total. The van der Waals surface area contributed by atoms with Crippen molar-refractivity contribution in [3.8, 4) is 0 Å². The topological polar surface area (TPSA) is 60.7 Å². The Balaban J connectivity index is 2.99. The van der Waals surface area contributed by atoms with Crippen LogP contribution in [0.3, 0.4) is 0 Å². The molecule has 0 fully saturated rings. The van der Waals surface area contributed by atoms with E-state index >= 15 is 0 Å². The molecule has 3 N–H and O–H groups in total. The van der Waals surface area contributed by atoms with Gasteiger partial charge < -0.3 is 14.4 Å². The van der Waals surface area contributed by atoms with Crippen LogP contribution in [0.15, 0.2) is 0 Å². The Hall–Kier alpha value is 0.0969. The van der Waals surface area contributed by atoms with Crippen molar-refractivity contribution in [2.24, 2.45) is 0 Å². The van der Waals surface area contributed by atoms with Crippen LogP contribution >= 0.6 is 0 Å². The minimum Gasteiger partial charge on any atom is -0.390 e. The van der Waals surface area contributed by atoms with E-state index in [-0.39, 0.29) is 6.04 Å². The molecule has 0 aliphatic carbocycles. The fourth-order valence-electron chi connectivity index (χ4n) is 2.20. The average molecular weight is 276 g/mol. The summed E-state index contributed by atoms with van der Waals surface area (Å²) in [6.45, 7) is 2.25. The largest absolute Gasteiger partial charge is 0.492 e. The van der Waals surface area contributed by atoms with Crippen molar-refractivity contribution in [2.75, 3.05) is 0 Å². The molecule has 0 unspecified atom stereocenters. The first-order valence-electron chi connectivity index (χ1n) is 7.73. The Morgan fingerprint density at radius 1 is 0.556 bits per heavy atom. The molecular weight excluding hydrogens is 244 g/mol. The lowest BCUT2D eigenvalue weighted by Crippen LogP contribution is -2.33. The van der Waals surface area contributed by atoms with E-state index in [1.165, 1.54) is 57.8 Å². The zero-order valence-electron chi connectivity index (χ0n) is 12.0. The predicted octanol–water partition coefficient (Wildman–Crippen LogP) is 3.60. The van der Waals surface area contributed by atoms with Crippen molar-refractivity contribution in [1.82, 2.24) is 0 Å². The van der Waals surface area contributed by atoms with Crippen LogP contribution in [0.5, 0.6) is 0 Å². The van der Waals surface area contributed by atoms with E-state index in [4.69, 9.17) is 14.4 Å². The van der Waals surface area contributed by atoms with Gasteiger partial charge in [-0.25, -0.2) is 0 Å². The Morgan fingerprint density at radius 2 is 0.889 bits per heavy atom. The van der Waals surface area contributed by atoms with Gasteiger partial charge >= 0.3 is 8.80 Å². The van der Waals surface area contributed by atoms with Crippen LogP contribution in [-0.4, -0.2) is 23.2 Å². The maximum atomic E-state index is 8.83. The molecule has 0 amide bonds.